The fourth-order valence-electron chi connectivity index (χ4n) is 1.37. The van der Waals surface area contributed by atoms with Gasteiger partial charge in [0.15, 0.2) is 0 Å². The van der Waals surface area contributed by atoms with Gasteiger partial charge < -0.3 is 9.47 Å². The van der Waals surface area contributed by atoms with Crippen LogP contribution in [-0.4, -0.2) is 25.3 Å². The lowest BCUT2D eigenvalue weighted by Crippen LogP contribution is -2.17. The molecule has 0 saturated carbocycles. The molecule has 13 heavy (non-hydrogen) atoms. The Morgan fingerprint density at radius 1 is 1.54 bits per heavy atom. The molecule has 1 fully saturated rings. The second kappa shape index (κ2) is 5.97. The van der Waals surface area contributed by atoms with Gasteiger partial charge in [-0.2, -0.15) is 0 Å². The molecular weight excluding hydrogens is 168 g/mol. The van der Waals surface area contributed by atoms with E-state index in [-0.39, 0.29) is 12.1 Å². The van der Waals surface area contributed by atoms with Crippen LogP contribution < -0.4 is 0 Å². The average molecular weight is 186 g/mol. The third-order valence-corrected chi connectivity index (χ3v) is 2.17. The Hall–Kier alpha value is -0.570. The molecule has 3 nitrogen and oxygen atoms in total. The van der Waals surface area contributed by atoms with E-state index >= 15 is 0 Å². The quantitative estimate of drug-likeness (QED) is 0.486. The molecule has 1 atom stereocenters. The first kappa shape index (κ1) is 10.5. The van der Waals surface area contributed by atoms with Gasteiger partial charge in [0.25, 0.3) is 0 Å². The number of carbonyl (C=O) groups is 1. The molecule has 0 aromatic carbocycles. The van der Waals surface area contributed by atoms with Crippen molar-refractivity contribution in [3.63, 3.8) is 0 Å². The molecule has 1 saturated heterocycles. The van der Waals surface area contributed by atoms with Crippen LogP contribution in [0.15, 0.2) is 0 Å². The van der Waals surface area contributed by atoms with Gasteiger partial charge in [0.1, 0.15) is 6.10 Å². The van der Waals surface area contributed by atoms with E-state index in [2.05, 4.69) is 6.92 Å². The third kappa shape index (κ3) is 4.27. The van der Waals surface area contributed by atoms with E-state index in [0.717, 1.165) is 32.3 Å². The molecule has 0 radical (unpaired) electrons. The van der Waals surface area contributed by atoms with Gasteiger partial charge in [-0.1, -0.05) is 19.8 Å². The number of esters is 1. The van der Waals surface area contributed by atoms with Crippen LogP contribution >= 0.6 is 0 Å². The van der Waals surface area contributed by atoms with Crippen molar-refractivity contribution in [1.82, 2.24) is 0 Å². The Kier molecular flexibility index (Phi) is 4.83. The van der Waals surface area contributed by atoms with E-state index in [4.69, 9.17) is 9.47 Å². The first-order valence-corrected chi connectivity index (χ1v) is 5.10. The predicted molar refractivity (Wildman–Crippen MR) is 49.5 cm³/mol. The molecule has 0 bridgehead atoms. The summed E-state index contributed by atoms with van der Waals surface area (Å²) in [6, 6.07) is 0. The highest BCUT2D eigenvalue weighted by molar-refractivity contribution is 5.69. The van der Waals surface area contributed by atoms with Gasteiger partial charge in [0, 0.05) is 12.8 Å². The van der Waals surface area contributed by atoms with Gasteiger partial charge in [0.2, 0.25) is 0 Å². The Bertz CT molecular complexity index is 150. The number of ether oxygens (including phenoxy) is 2. The van der Waals surface area contributed by atoms with Crippen LogP contribution in [0.25, 0.3) is 0 Å². The Morgan fingerprint density at radius 3 is 3.00 bits per heavy atom. The maximum absolute atomic E-state index is 11.2. The minimum Gasteiger partial charge on any atom is -0.460 e. The Labute approximate surface area is 79.4 Å². The van der Waals surface area contributed by atoms with Gasteiger partial charge in [-0.3, -0.25) is 4.79 Å². The normalized spacial score (nSPS) is 21.8. The van der Waals surface area contributed by atoms with Crippen LogP contribution in [0.3, 0.4) is 0 Å². The summed E-state index contributed by atoms with van der Waals surface area (Å²) in [7, 11) is 0. The van der Waals surface area contributed by atoms with E-state index in [1.165, 1.54) is 0 Å². The summed E-state index contributed by atoms with van der Waals surface area (Å²) in [5.41, 5.74) is 0. The number of hydrogen-bond acceptors (Lipinski definition) is 3. The lowest BCUT2D eigenvalue weighted by Gasteiger charge is -2.09. The van der Waals surface area contributed by atoms with Crippen molar-refractivity contribution in [2.24, 2.45) is 0 Å². The van der Waals surface area contributed by atoms with Crippen molar-refractivity contribution in [2.45, 2.75) is 45.1 Å². The summed E-state index contributed by atoms with van der Waals surface area (Å²) in [4.78, 5) is 11.2. The second-order valence-corrected chi connectivity index (χ2v) is 3.43. The fraction of sp³-hybridized carbons (Fsp3) is 0.900. The fourth-order valence-corrected chi connectivity index (χ4v) is 1.37. The predicted octanol–water partition coefficient (Wildman–Crippen LogP) is 1.90. The van der Waals surface area contributed by atoms with Crippen LogP contribution in [0.1, 0.15) is 39.0 Å². The molecule has 0 N–H and O–H groups in total. The first-order chi connectivity index (χ1) is 6.33. The first-order valence-electron chi connectivity index (χ1n) is 5.10. The topological polar surface area (TPSA) is 35.5 Å². The summed E-state index contributed by atoms with van der Waals surface area (Å²) in [6.45, 7) is 3.43. The lowest BCUT2D eigenvalue weighted by molar-refractivity contribution is -0.149. The molecule has 0 spiro atoms. The molecule has 0 aromatic rings. The zero-order valence-electron chi connectivity index (χ0n) is 8.25. The highest BCUT2D eigenvalue weighted by atomic mass is 16.6. The van der Waals surface area contributed by atoms with Crippen molar-refractivity contribution in [3.05, 3.63) is 0 Å². The molecular formula is C10H18O3. The number of carbonyl (C=O) groups excluding carboxylic acids is 1. The van der Waals surface area contributed by atoms with Gasteiger partial charge >= 0.3 is 5.97 Å². The van der Waals surface area contributed by atoms with Crippen LogP contribution in [0.4, 0.5) is 0 Å². The summed E-state index contributed by atoms with van der Waals surface area (Å²) >= 11 is 0. The third-order valence-electron chi connectivity index (χ3n) is 2.17. The molecule has 1 unspecified atom stereocenters. The van der Waals surface area contributed by atoms with Crippen LogP contribution in [0.2, 0.25) is 0 Å². The molecule has 1 aliphatic heterocycles. The second-order valence-electron chi connectivity index (χ2n) is 3.43. The van der Waals surface area contributed by atoms with Gasteiger partial charge in [-0.15, -0.1) is 0 Å². The van der Waals surface area contributed by atoms with Gasteiger partial charge in [0.05, 0.1) is 13.2 Å². The maximum Gasteiger partial charge on any atom is 0.306 e. The van der Waals surface area contributed by atoms with E-state index < -0.39 is 0 Å². The smallest absolute Gasteiger partial charge is 0.306 e. The number of hydrogen-bond donors (Lipinski definition) is 0. The minimum absolute atomic E-state index is 0.0223. The monoisotopic (exact) mass is 186 g/mol. The molecule has 0 aliphatic carbocycles. The molecule has 1 heterocycles. The molecule has 76 valence electrons. The summed E-state index contributed by atoms with van der Waals surface area (Å²) in [6.07, 6.45) is 4.64. The minimum atomic E-state index is -0.0658. The molecule has 3 heteroatoms. The van der Waals surface area contributed by atoms with E-state index in [1.54, 1.807) is 0 Å². The van der Waals surface area contributed by atoms with Crippen molar-refractivity contribution in [2.75, 3.05) is 13.2 Å². The van der Waals surface area contributed by atoms with Crippen molar-refractivity contribution < 1.29 is 14.3 Å². The summed E-state index contributed by atoms with van der Waals surface area (Å²) < 4.78 is 10.3. The summed E-state index contributed by atoms with van der Waals surface area (Å²) in [5.74, 6) is -0.0658. The highest BCUT2D eigenvalue weighted by Gasteiger charge is 2.19. The van der Waals surface area contributed by atoms with E-state index in [1.807, 2.05) is 0 Å². The Balaban J connectivity index is 2.02. The van der Waals surface area contributed by atoms with Gasteiger partial charge in [-0.05, 0) is 6.42 Å². The zero-order valence-corrected chi connectivity index (χ0v) is 8.25. The van der Waals surface area contributed by atoms with Crippen LogP contribution in [-0.2, 0) is 14.3 Å². The molecule has 0 aromatic heterocycles. The number of rotatable bonds is 5. The maximum atomic E-state index is 11.2. The molecule has 1 rings (SSSR count). The van der Waals surface area contributed by atoms with Crippen LogP contribution in [0, 0.1) is 0 Å². The van der Waals surface area contributed by atoms with Crippen molar-refractivity contribution >= 4 is 5.97 Å². The Morgan fingerprint density at radius 2 is 2.38 bits per heavy atom. The zero-order chi connectivity index (χ0) is 9.52. The average Bonchev–Trinajstić information content (AvgIpc) is 2.57. The lowest BCUT2D eigenvalue weighted by atomic mass is 10.2. The van der Waals surface area contributed by atoms with Crippen molar-refractivity contribution in [1.29, 1.82) is 0 Å². The van der Waals surface area contributed by atoms with E-state index in [0.29, 0.717) is 13.0 Å². The largest absolute Gasteiger partial charge is 0.460 e. The van der Waals surface area contributed by atoms with Crippen LogP contribution in [0.5, 0.6) is 0 Å². The highest BCUT2D eigenvalue weighted by Crippen LogP contribution is 2.10. The van der Waals surface area contributed by atoms with Gasteiger partial charge in [-0.25, -0.2) is 0 Å². The van der Waals surface area contributed by atoms with Crippen molar-refractivity contribution in [3.8, 4) is 0 Å². The number of unbranched alkanes of at least 4 members (excludes halogenated alkanes) is 2. The van der Waals surface area contributed by atoms with E-state index in [9.17, 15) is 4.79 Å². The standard InChI is InChI=1S/C10H18O3/c1-2-3-4-5-10(11)13-9-6-7-12-8-9/h9H,2-8H2,1H3. The molecule has 0 amide bonds. The summed E-state index contributed by atoms with van der Waals surface area (Å²) in [5, 5.41) is 0. The SMILES string of the molecule is CCCCCC(=O)OC1CCOC1. The molecule has 1 aliphatic rings.